The molecule has 1 saturated heterocycles. The molecular weight excluding hydrogens is 368 g/mol. The van der Waals surface area contributed by atoms with Gasteiger partial charge in [-0.05, 0) is 37.1 Å². The SMILES string of the molecule is CCCN1CCN(Cc2cc(Cc3c(C)ssc3=S)ccc2O)CC1. The Kier molecular flexibility index (Phi) is 6.63. The van der Waals surface area contributed by atoms with Gasteiger partial charge in [0.05, 0.1) is 0 Å². The topological polar surface area (TPSA) is 26.7 Å². The minimum absolute atomic E-state index is 0.406. The molecule has 1 N–H and O–H groups in total. The maximum absolute atomic E-state index is 10.3. The van der Waals surface area contributed by atoms with Crippen molar-refractivity contribution in [1.29, 1.82) is 0 Å². The van der Waals surface area contributed by atoms with E-state index in [4.69, 9.17) is 12.2 Å². The van der Waals surface area contributed by atoms with Crippen molar-refractivity contribution in [3.63, 3.8) is 0 Å². The van der Waals surface area contributed by atoms with Crippen LogP contribution >= 0.6 is 32.9 Å². The van der Waals surface area contributed by atoms with Crippen molar-refractivity contribution in [3.05, 3.63) is 43.6 Å². The van der Waals surface area contributed by atoms with Gasteiger partial charge in [-0.2, -0.15) is 0 Å². The number of phenolic OH excluding ortho intramolecular Hbond substituents is 1. The third kappa shape index (κ3) is 4.89. The molecule has 25 heavy (non-hydrogen) atoms. The Morgan fingerprint density at radius 3 is 2.48 bits per heavy atom. The van der Waals surface area contributed by atoms with Gasteiger partial charge in [0, 0.05) is 49.6 Å². The number of hydrogen-bond acceptors (Lipinski definition) is 6. The molecule has 0 unspecified atom stereocenters. The summed E-state index contributed by atoms with van der Waals surface area (Å²) in [4.78, 5) is 6.29. The minimum atomic E-state index is 0.406. The van der Waals surface area contributed by atoms with Crippen molar-refractivity contribution in [2.24, 2.45) is 0 Å². The van der Waals surface area contributed by atoms with Crippen molar-refractivity contribution in [2.45, 2.75) is 33.2 Å². The summed E-state index contributed by atoms with van der Waals surface area (Å²) in [6.07, 6.45) is 2.08. The monoisotopic (exact) mass is 394 g/mol. The van der Waals surface area contributed by atoms with Crippen LogP contribution in [0.25, 0.3) is 0 Å². The summed E-state index contributed by atoms with van der Waals surface area (Å²) in [6, 6.07) is 6.02. The van der Waals surface area contributed by atoms with E-state index < -0.39 is 0 Å². The van der Waals surface area contributed by atoms with Crippen molar-refractivity contribution in [1.82, 2.24) is 9.80 Å². The summed E-state index contributed by atoms with van der Waals surface area (Å²) in [5.41, 5.74) is 3.54. The molecule has 0 amide bonds. The first kappa shape index (κ1) is 19.0. The molecule has 0 saturated carbocycles. The van der Waals surface area contributed by atoms with E-state index in [1.807, 2.05) is 12.1 Å². The van der Waals surface area contributed by atoms with Crippen LogP contribution in [0.3, 0.4) is 0 Å². The molecule has 1 aliphatic heterocycles. The predicted octanol–water partition coefficient (Wildman–Crippen LogP) is 4.67. The molecule has 0 aliphatic carbocycles. The summed E-state index contributed by atoms with van der Waals surface area (Å²) >= 11 is 5.46. The van der Waals surface area contributed by atoms with Gasteiger partial charge >= 0.3 is 0 Å². The minimum Gasteiger partial charge on any atom is -0.508 e. The van der Waals surface area contributed by atoms with E-state index in [9.17, 15) is 5.11 Å². The average molecular weight is 395 g/mol. The van der Waals surface area contributed by atoms with Crippen molar-refractivity contribution in [2.75, 3.05) is 32.7 Å². The number of hydrogen-bond donors (Lipinski definition) is 1. The second kappa shape index (κ2) is 8.73. The molecule has 0 radical (unpaired) electrons. The first-order valence-corrected chi connectivity index (χ1v) is 11.5. The molecule has 1 aromatic carbocycles. The Hall–Kier alpha value is -0.790. The summed E-state index contributed by atoms with van der Waals surface area (Å²) in [6.45, 7) is 10.8. The van der Waals surface area contributed by atoms with Gasteiger partial charge in [-0.1, -0.05) is 52.0 Å². The van der Waals surface area contributed by atoms with Gasteiger partial charge in [0.25, 0.3) is 0 Å². The average Bonchev–Trinajstić information content (AvgIpc) is 2.92. The fourth-order valence-electron chi connectivity index (χ4n) is 3.35. The van der Waals surface area contributed by atoms with Crippen molar-refractivity contribution in [3.8, 4) is 5.75 Å². The summed E-state index contributed by atoms with van der Waals surface area (Å²) in [7, 11) is 3.45. The Morgan fingerprint density at radius 2 is 1.84 bits per heavy atom. The van der Waals surface area contributed by atoms with Crippen molar-refractivity contribution >= 4 is 32.9 Å². The Morgan fingerprint density at radius 1 is 1.12 bits per heavy atom. The van der Waals surface area contributed by atoms with Crippen LogP contribution in [0.5, 0.6) is 5.75 Å². The molecular formula is C19H26N2OS3. The molecule has 6 heteroatoms. The highest BCUT2D eigenvalue weighted by Crippen LogP contribution is 2.28. The van der Waals surface area contributed by atoms with E-state index >= 15 is 0 Å². The molecule has 0 spiro atoms. The predicted molar refractivity (Wildman–Crippen MR) is 111 cm³/mol. The van der Waals surface area contributed by atoms with E-state index in [1.54, 1.807) is 20.7 Å². The van der Waals surface area contributed by atoms with Crippen molar-refractivity contribution < 1.29 is 5.11 Å². The highest BCUT2D eigenvalue weighted by atomic mass is 32.9. The number of rotatable bonds is 6. The molecule has 3 nitrogen and oxygen atoms in total. The molecule has 0 atom stereocenters. The van der Waals surface area contributed by atoms with E-state index in [1.165, 1.54) is 29.0 Å². The smallest absolute Gasteiger partial charge is 0.120 e. The molecule has 136 valence electrons. The maximum atomic E-state index is 10.3. The first-order chi connectivity index (χ1) is 12.1. The molecule has 3 rings (SSSR count). The van der Waals surface area contributed by atoms with Crippen LogP contribution in [0.2, 0.25) is 0 Å². The van der Waals surface area contributed by atoms with Gasteiger partial charge in [0.15, 0.2) is 0 Å². The van der Waals surface area contributed by atoms with Gasteiger partial charge in [-0.15, -0.1) is 0 Å². The van der Waals surface area contributed by atoms with E-state index in [-0.39, 0.29) is 0 Å². The molecule has 1 fully saturated rings. The zero-order valence-corrected chi connectivity index (χ0v) is 17.4. The van der Waals surface area contributed by atoms with Gasteiger partial charge in [-0.25, -0.2) is 0 Å². The van der Waals surface area contributed by atoms with Crippen LogP contribution in [0, 0.1) is 10.7 Å². The van der Waals surface area contributed by atoms with Crippen LogP contribution in [0.15, 0.2) is 18.2 Å². The normalized spacial score (nSPS) is 16.4. The Bertz CT molecular complexity index is 760. The Balaban J connectivity index is 1.67. The van der Waals surface area contributed by atoms with Crippen LogP contribution in [0.4, 0.5) is 0 Å². The zero-order chi connectivity index (χ0) is 17.8. The van der Waals surface area contributed by atoms with Crippen LogP contribution in [-0.4, -0.2) is 47.6 Å². The van der Waals surface area contributed by atoms with Gasteiger partial charge < -0.3 is 10.0 Å². The number of aromatic hydroxyl groups is 1. The van der Waals surface area contributed by atoms with Gasteiger partial charge in [0.2, 0.25) is 0 Å². The lowest BCUT2D eigenvalue weighted by atomic mass is 10.0. The summed E-state index contributed by atoms with van der Waals surface area (Å²) < 4.78 is 1.00. The number of benzene rings is 1. The van der Waals surface area contributed by atoms with Gasteiger partial charge in [0.1, 0.15) is 9.57 Å². The summed E-state index contributed by atoms with van der Waals surface area (Å²) in [5.74, 6) is 0.406. The quantitative estimate of drug-likeness (QED) is 0.569. The molecule has 2 heterocycles. The molecule has 0 bridgehead atoms. The zero-order valence-electron chi connectivity index (χ0n) is 15.0. The lowest BCUT2D eigenvalue weighted by Crippen LogP contribution is -2.45. The van der Waals surface area contributed by atoms with E-state index in [0.717, 1.165) is 48.5 Å². The lowest BCUT2D eigenvalue weighted by Gasteiger charge is -2.34. The maximum Gasteiger partial charge on any atom is 0.120 e. The van der Waals surface area contributed by atoms with E-state index in [2.05, 4.69) is 29.7 Å². The number of aryl methyl sites for hydroxylation is 1. The third-order valence-corrected chi connectivity index (χ3v) is 8.13. The standard InChI is InChI=1S/C19H26N2OS3/c1-3-6-20-7-9-21(10-8-20)13-16-11-15(4-5-18(16)22)12-17-14(2)24-25-19(17)23/h4-5,11,22H,3,6-10,12-13H2,1-2H3. The Labute approximate surface area is 162 Å². The second-order valence-corrected chi connectivity index (χ2v) is 9.77. The van der Waals surface area contributed by atoms with Gasteiger partial charge in [-0.3, -0.25) is 4.90 Å². The molecule has 2 aromatic rings. The third-order valence-electron chi connectivity index (χ3n) is 4.84. The van der Waals surface area contributed by atoms with E-state index in [0.29, 0.717) is 5.75 Å². The molecule has 1 aliphatic rings. The lowest BCUT2D eigenvalue weighted by molar-refractivity contribution is 0.126. The van der Waals surface area contributed by atoms with Crippen LogP contribution in [0.1, 0.15) is 34.9 Å². The first-order valence-electron chi connectivity index (χ1n) is 8.91. The number of piperazine rings is 1. The fourth-order valence-corrected chi connectivity index (χ4v) is 6.02. The van der Waals surface area contributed by atoms with Crippen LogP contribution in [-0.2, 0) is 13.0 Å². The fraction of sp³-hybridized carbons (Fsp3) is 0.526. The second-order valence-electron chi connectivity index (χ2n) is 6.75. The number of nitrogens with zero attached hydrogens (tertiary/aromatic N) is 2. The molecule has 1 aromatic heterocycles. The summed E-state index contributed by atoms with van der Waals surface area (Å²) in [5, 5.41) is 10.3. The van der Waals surface area contributed by atoms with Crippen LogP contribution < -0.4 is 0 Å². The largest absolute Gasteiger partial charge is 0.508 e. The highest BCUT2D eigenvalue weighted by Gasteiger charge is 2.17. The number of phenols is 1. The highest BCUT2D eigenvalue weighted by molar-refractivity contribution is 7.79.